The normalized spacial score (nSPS) is 12.0. The van der Waals surface area contributed by atoms with Crippen molar-refractivity contribution in [3.05, 3.63) is 53.3 Å². The van der Waals surface area contributed by atoms with E-state index in [0.29, 0.717) is 0 Å². The van der Waals surface area contributed by atoms with Gasteiger partial charge in [0, 0.05) is 24.0 Å². The van der Waals surface area contributed by atoms with E-state index in [2.05, 4.69) is 35.7 Å². The Morgan fingerprint density at radius 1 is 1.29 bits per heavy atom. The van der Waals surface area contributed by atoms with E-state index >= 15 is 0 Å². The van der Waals surface area contributed by atoms with Gasteiger partial charge < -0.3 is 10.5 Å². The number of carbonyl (C=O) groups excluding carboxylic acids is 1. The van der Waals surface area contributed by atoms with Crippen molar-refractivity contribution >= 4 is 5.97 Å². The summed E-state index contributed by atoms with van der Waals surface area (Å²) in [6.45, 7) is 4.15. The maximum absolute atomic E-state index is 11.3. The highest BCUT2D eigenvalue weighted by Crippen LogP contribution is 2.28. The van der Waals surface area contributed by atoms with Crippen LogP contribution >= 0.6 is 0 Å². The quantitative estimate of drug-likeness (QED) is 0.877. The van der Waals surface area contributed by atoms with Crippen LogP contribution in [0.5, 0.6) is 0 Å². The lowest BCUT2D eigenvalue weighted by Crippen LogP contribution is -2.16. The third-order valence-corrected chi connectivity index (χ3v) is 3.57. The summed E-state index contributed by atoms with van der Waals surface area (Å²) in [5.41, 5.74) is 11.4. The van der Waals surface area contributed by atoms with Gasteiger partial charge in [-0.25, -0.2) is 0 Å². The Labute approximate surface area is 125 Å². The minimum atomic E-state index is -0.408. The standard InChI is InChI=1S/C17H20N2O2/c1-11-5-4-6-12(2)17(11)14-7-13(9-19-10-14)15(18)8-16(20)21-3/h4-7,9-10,15H,8,18H2,1-3H3. The fourth-order valence-corrected chi connectivity index (χ4v) is 2.45. The fourth-order valence-electron chi connectivity index (χ4n) is 2.45. The van der Waals surface area contributed by atoms with Crippen molar-refractivity contribution in [3.63, 3.8) is 0 Å². The average Bonchev–Trinajstić information content (AvgIpc) is 2.47. The molecular weight excluding hydrogens is 264 g/mol. The van der Waals surface area contributed by atoms with Crippen molar-refractivity contribution in [2.75, 3.05) is 7.11 Å². The first-order valence-corrected chi connectivity index (χ1v) is 6.87. The molecule has 4 nitrogen and oxygen atoms in total. The zero-order chi connectivity index (χ0) is 15.4. The van der Waals surface area contributed by atoms with E-state index in [0.717, 1.165) is 16.7 Å². The highest BCUT2D eigenvalue weighted by Gasteiger charge is 2.14. The van der Waals surface area contributed by atoms with Crippen LogP contribution in [0.15, 0.2) is 36.7 Å². The van der Waals surface area contributed by atoms with E-state index in [1.54, 1.807) is 6.20 Å². The molecule has 1 heterocycles. The molecule has 0 aliphatic carbocycles. The Hall–Kier alpha value is -2.20. The highest BCUT2D eigenvalue weighted by molar-refractivity contribution is 5.72. The number of rotatable bonds is 4. The minimum Gasteiger partial charge on any atom is -0.469 e. The summed E-state index contributed by atoms with van der Waals surface area (Å²) in [6, 6.07) is 7.77. The molecule has 2 rings (SSSR count). The number of ether oxygens (including phenoxy) is 1. The molecule has 1 aromatic carbocycles. The number of benzene rings is 1. The van der Waals surface area contributed by atoms with Crippen molar-refractivity contribution in [1.29, 1.82) is 0 Å². The van der Waals surface area contributed by atoms with Crippen LogP contribution in [0.25, 0.3) is 11.1 Å². The maximum Gasteiger partial charge on any atom is 0.307 e. The predicted molar refractivity (Wildman–Crippen MR) is 82.7 cm³/mol. The Balaban J connectivity index is 2.36. The van der Waals surface area contributed by atoms with Crippen LogP contribution in [-0.2, 0) is 9.53 Å². The van der Waals surface area contributed by atoms with Crippen LogP contribution in [0.3, 0.4) is 0 Å². The molecule has 1 aromatic heterocycles. The van der Waals surface area contributed by atoms with Crippen LogP contribution in [-0.4, -0.2) is 18.1 Å². The molecule has 110 valence electrons. The van der Waals surface area contributed by atoms with Crippen LogP contribution in [0, 0.1) is 13.8 Å². The molecule has 0 fully saturated rings. The monoisotopic (exact) mass is 284 g/mol. The number of pyridine rings is 1. The first kappa shape index (κ1) is 15.2. The van der Waals surface area contributed by atoms with Crippen LogP contribution in [0.4, 0.5) is 0 Å². The van der Waals surface area contributed by atoms with Gasteiger partial charge in [-0.2, -0.15) is 0 Å². The van der Waals surface area contributed by atoms with E-state index < -0.39 is 6.04 Å². The summed E-state index contributed by atoms with van der Waals surface area (Å²) < 4.78 is 4.66. The van der Waals surface area contributed by atoms with Gasteiger partial charge in [0.1, 0.15) is 0 Å². The van der Waals surface area contributed by atoms with Crippen LogP contribution in [0.2, 0.25) is 0 Å². The number of carbonyl (C=O) groups is 1. The summed E-state index contributed by atoms with van der Waals surface area (Å²) in [6.07, 6.45) is 3.67. The Morgan fingerprint density at radius 3 is 2.57 bits per heavy atom. The van der Waals surface area contributed by atoms with Crippen LogP contribution in [0.1, 0.15) is 29.2 Å². The molecule has 2 aromatic rings. The Kier molecular flexibility index (Phi) is 4.70. The van der Waals surface area contributed by atoms with E-state index in [1.165, 1.54) is 18.2 Å². The number of hydrogen-bond donors (Lipinski definition) is 1. The first-order valence-electron chi connectivity index (χ1n) is 6.87. The lowest BCUT2D eigenvalue weighted by molar-refractivity contribution is -0.141. The van der Waals surface area contributed by atoms with Gasteiger partial charge in [-0.15, -0.1) is 0 Å². The van der Waals surface area contributed by atoms with Crippen molar-refractivity contribution in [1.82, 2.24) is 4.98 Å². The number of aromatic nitrogens is 1. The molecular formula is C17H20N2O2. The number of hydrogen-bond acceptors (Lipinski definition) is 4. The lowest BCUT2D eigenvalue weighted by Gasteiger charge is -2.14. The van der Waals surface area contributed by atoms with Crippen molar-refractivity contribution in [2.45, 2.75) is 26.3 Å². The van der Waals surface area contributed by atoms with Gasteiger partial charge in [0.05, 0.1) is 13.5 Å². The van der Waals surface area contributed by atoms with Crippen molar-refractivity contribution < 1.29 is 9.53 Å². The van der Waals surface area contributed by atoms with E-state index in [-0.39, 0.29) is 12.4 Å². The van der Waals surface area contributed by atoms with E-state index in [9.17, 15) is 4.79 Å². The third kappa shape index (κ3) is 3.47. The number of nitrogens with zero attached hydrogens (tertiary/aromatic N) is 1. The maximum atomic E-state index is 11.3. The van der Waals surface area contributed by atoms with Crippen molar-refractivity contribution in [2.24, 2.45) is 5.73 Å². The summed E-state index contributed by atoms with van der Waals surface area (Å²) in [4.78, 5) is 15.6. The molecule has 0 spiro atoms. The molecule has 0 saturated carbocycles. The smallest absolute Gasteiger partial charge is 0.307 e. The second-order valence-corrected chi connectivity index (χ2v) is 5.16. The average molecular weight is 284 g/mol. The Bertz CT molecular complexity index is 633. The molecule has 0 aliphatic rings. The number of methoxy groups -OCH3 is 1. The molecule has 0 saturated heterocycles. The SMILES string of the molecule is COC(=O)CC(N)c1cncc(-c2c(C)cccc2C)c1. The predicted octanol–water partition coefficient (Wildman–Crippen LogP) is 2.93. The molecule has 0 aliphatic heterocycles. The number of nitrogens with two attached hydrogens (primary N) is 1. The summed E-state index contributed by atoms with van der Waals surface area (Å²) in [7, 11) is 1.36. The lowest BCUT2D eigenvalue weighted by atomic mass is 9.95. The molecule has 1 atom stereocenters. The third-order valence-electron chi connectivity index (χ3n) is 3.57. The largest absolute Gasteiger partial charge is 0.469 e. The topological polar surface area (TPSA) is 65.2 Å². The van der Waals surface area contributed by atoms with Gasteiger partial charge >= 0.3 is 5.97 Å². The Morgan fingerprint density at radius 2 is 1.95 bits per heavy atom. The molecule has 0 amide bonds. The summed E-state index contributed by atoms with van der Waals surface area (Å²) in [5, 5.41) is 0. The zero-order valence-corrected chi connectivity index (χ0v) is 12.6. The first-order chi connectivity index (χ1) is 10.0. The molecule has 0 bridgehead atoms. The van der Waals surface area contributed by atoms with Gasteiger partial charge in [0.15, 0.2) is 0 Å². The van der Waals surface area contributed by atoms with Gasteiger partial charge in [0.2, 0.25) is 0 Å². The minimum absolute atomic E-state index is 0.147. The molecule has 2 N–H and O–H groups in total. The van der Waals surface area contributed by atoms with Gasteiger partial charge in [-0.1, -0.05) is 18.2 Å². The number of aryl methyl sites for hydroxylation is 2. The second-order valence-electron chi connectivity index (χ2n) is 5.16. The highest BCUT2D eigenvalue weighted by atomic mass is 16.5. The fraction of sp³-hybridized carbons (Fsp3) is 0.294. The van der Waals surface area contributed by atoms with Gasteiger partial charge in [-0.05, 0) is 42.2 Å². The van der Waals surface area contributed by atoms with Crippen LogP contribution < -0.4 is 5.73 Å². The summed E-state index contributed by atoms with van der Waals surface area (Å²) in [5.74, 6) is -0.319. The van der Waals surface area contributed by atoms with E-state index in [1.807, 2.05) is 18.3 Å². The summed E-state index contributed by atoms with van der Waals surface area (Å²) >= 11 is 0. The van der Waals surface area contributed by atoms with Crippen molar-refractivity contribution in [3.8, 4) is 11.1 Å². The molecule has 4 heteroatoms. The number of esters is 1. The van der Waals surface area contributed by atoms with Gasteiger partial charge in [0.25, 0.3) is 0 Å². The van der Waals surface area contributed by atoms with Gasteiger partial charge in [-0.3, -0.25) is 9.78 Å². The molecule has 0 radical (unpaired) electrons. The molecule has 1 unspecified atom stereocenters. The molecule has 21 heavy (non-hydrogen) atoms. The zero-order valence-electron chi connectivity index (χ0n) is 12.6. The second kappa shape index (κ2) is 6.50. The van der Waals surface area contributed by atoms with E-state index in [4.69, 9.17) is 5.73 Å².